The first kappa shape index (κ1) is 18.0. The highest BCUT2D eigenvalue weighted by Crippen LogP contribution is 2.11. The van der Waals surface area contributed by atoms with E-state index in [-0.39, 0.29) is 0 Å². The fourth-order valence-corrected chi connectivity index (χ4v) is 2.77. The lowest BCUT2D eigenvalue weighted by Crippen LogP contribution is -2.42. The molecule has 0 aliphatic carbocycles. The first-order chi connectivity index (χ1) is 11.5. The number of nitrogens with zero attached hydrogens (tertiary/aromatic N) is 3. The van der Waals surface area contributed by atoms with Crippen LogP contribution in [0.1, 0.15) is 35.9 Å². The van der Waals surface area contributed by atoms with Gasteiger partial charge in [-0.3, -0.25) is 9.67 Å². The van der Waals surface area contributed by atoms with Crippen LogP contribution in [0.2, 0.25) is 0 Å². The van der Waals surface area contributed by atoms with Crippen molar-refractivity contribution in [3.8, 4) is 0 Å². The molecule has 1 atom stereocenters. The van der Waals surface area contributed by atoms with E-state index in [1.165, 1.54) is 16.8 Å². The Morgan fingerprint density at radius 2 is 1.96 bits per heavy atom. The third kappa shape index (κ3) is 4.85. The van der Waals surface area contributed by atoms with E-state index >= 15 is 0 Å². The van der Waals surface area contributed by atoms with Crippen LogP contribution >= 0.6 is 0 Å². The quantitative estimate of drug-likeness (QED) is 0.633. The van der Waals surface area contributed by atoms with E-state index in [2.05, 4.69) is 64.9 Å². The summed E-state index contributed by atoms with van der Waals surface area (Å²) in [6.07, 6.45) is 2.13. The zero-order valence-corrected chi connectivity index (χ0v) is 15.4. The summed E-state index contributed by atoms with van der Waals surface area (Å²) in [4.78, 5) is 4.33. The maximum Gasteiger partial charge on any atom is 0.191 e. The smallest absolute Gasteiger partial charge is 0.191 e. The number of nitrogens with one attached hydrogen (secondary N) is 2. The molecule has 1 unspecified atom stereocenters. The van der Waals surface area contributed by atoms with E-state index in [0.29, 0.717) is 6.04 Å². The van der Waals surface area contributed by atoms with Gasteiger partial charge in [0.05, 0.1) is 5.69 Å². The maximum atomic E-state index is 4.45. The summed E-state index contributed by atoms with van der Waals surface area (Å²) in [5.74, 6) is 0.832. The van der Waals surface area contributed by atoms with Crippen LogP contribution in [0.4, 0.5) is 0 Å². The second-order valence-electron chi connectivity index (χ2n) is 6.27. The third-order valence-electron chi connectivity index (χ3n) is 4.41. The number of aliphatic imine (C=N–C) groups is 1. The van der Waals surface area contributed by atoms with E-state index in [9.17, 15) is 0 Å². The van der Waals surface area contributed by atoms with Crippen LogP contribution in [-0.4, -0.2) is 28.8 Å². The highest BCUT2D eigenvalue weighted by Gasteiger charge is 2.11. The Kier molecular flexibility index (Phi) is 6.41. The van der Waals surface area contributed by atoms with Crippen LogP contribution in [-0.2, 0) is 20.0 Å². The zero-order valence-electron chi connectivity index (χ0n) is 15.4. The third-order valence-corrected chi connectivity index (χ3v) is 4.41. The molecule has 1 aromatic heterocycles. The minimum atomic E-state index is 0.354. The van der Waals surface area contributed by atoms with Crippen molar-refractivity contribution in [2.45, 2.75) is 46.2 Å². The van der Waals surface area contributed by atoms with Crippen molar-refractivity contribution in [2.24, 2.45) is 12.0 Å². The minimum absolute atomic E-state index is 0.354. The molecule has 0 amide bonds. The van der Waals surface area contributed by atoms with Crippen molar-refractivity contribution < 1.29 is 0 Å². The number of rotatable bonds is 6. The van der Waals surface area contributed by atoms with Gasteiger partial charge in [0.15, 0.2) is 5.96 Å². The molecule has 0 aliphatic heterocycles. The fourth-order valence-electron chi connectivity index (χ4n) is 2.77. The Morgan fingerprint density at radius 3 is 2.54 bits per heavy atom. The summed E-state index contributed by atoms with van der Waals surface area (Å²) >= 11 is 0. The molecule has 0 saturated heterocycles. The molecule has 0 aliphatic rings. The van der Waals surface area contributed by atoms with Crippen LogP contribution in [0.15, 0.2) is 35.3 Å². The number of guanidine groups is 1. The SMILES string of the molecule is CN=C(NCc1c(C)nn(C)c1C)NC(C)CCc1ccccc1. The van der Waals surface area contributed by atoms with Crippen molar-refractivity contribution in [1.82, 2.24) is 20.4 Å². The lowest BCUT2D eigenvalue weighted by Gasteiger charge is -2.18. The molecule has 0 radical (unpaired) electrons. The molecule has 5 nitrogen and oxygen atoms in total. The van der Waals surface area contributed by atoms with Gasteiger partial charge in [-0.1, -0.05) is 30.3 Å². The summed E-state index contributed by atoms with van der Waals surface area (Å²) in [5.41, 5.74) is 4.86. The Bertz CT molecular complexity index is 673. The summed E-state index contributed by atoms with van der Waals surface area (Å²) in [6, 6.07) is 10.9. The van der Waals surface area contributed by atoms with Crippen molar-refractivity contribution in [1.29, 1.82) is 0 Å². The average Bonchev–Trinajstić information content (AvgIpc) is 2.83. The van der Waals surface area contributed by atoms with Crippen molar-refractivity contribution in [2.75, 3.05) is 7.05 Å². The van der Waals surface area contributed by atoms with Crippen LogP contribution in [0.5, 0.6) is 0 Å². The summed E-state index contributed by atoms with van der Waals surface area (Å²) in [6.45, 7) is 7.06. The van der Waals surface area contributed by atoms with Crippen LogP contribution in [0.3, 0.4) is 0 Å². The molecule has 2 aromatic rings. The highest BCUT2D eigenvalue weighted by molar-refractivity contribution is 5.79. The number of aromatic nitrogens is 2. The van der Waals surface area contributed by atoms with Gasteiger partial charge in [0.25, 0.3) is 0 Å². The number of hydrogen-bond donors (Lipinski definition) is 2. The zero-order chi connectivity index (χ0) is 17.5. The van der Waals surface area contributed by atoms with Crippen molar-refractivity contribution in [3.63, 3.8) is 0 Å². The fraction of sp³-hybridized carbons (Fsp3) is 0.474. The van der Waals surface area contributed by atoms with Crippen molar-refractivity contribution in [3.05, 3.63) is 52.8 Å². The standard InChI is InChI=1S/C19H29N5/c1-14(11-12-17-9-7-6-8-10-17)22-19(20-4)21-13-18-15(2)23-24(5)16(18)3/h6-10,14H,11-13H2,1-5H3,(H2,20,21,22). The molecule has 1 heterocycles. The predicted molar refractivity (Wildman–Crippen MR) is 100 cm³/mol. The molecular weight excluding hydrogens is 298 g/mol. The maximum absolute atomic E-state index is 4.45. The average molecular weight is 327 g/mol. The van der Waals surface area contributed by atoms with Gasteiger partial charge >= 0.3 is 0 Å². The van der Waals surface area contributed by atoms with E-state index in [0.717, 1.165) is 31.0 Å². The molecule has 0 spiro atoms. The van der Waals surface area contributed by atoms with Gasteiger partial charge in [-0.15, -0.1) is 0 Å². The molecule has 0 bridgehead atoms. The van der Waals surface area contributed by atoms with Gasteiger partial charge in [0.2, 0.25) is 0 Å². The summed E-state index contributed by atoms with van der Waals surface area (Å²) in [7, 11) is 3.78. The van der Waals surface area contributed by atoms with E-state index in [1.54, 1.807) is 0 Å². The Labute approximate surface area is 145 Å². The Hall–Kier alpha value is -2.30. The van der Waals surface area contributed by atoms with Crippen LogP contribution < -0.4 is 10.6 Å². The minimum Gasteiger partial charge on any atom is -0.354 e. The largest absolute Gasteiger partial charge is 0.354 e. The molecule has 2 N–H and O–H groups in total. The van der Waals surface area contributed by atoms with E-state index in [1.807, 2.05) is 25.7 Å². The number of benzene rings is 1. The molecule has 0 fully saturated rings. The monoisotopic (exact) mass is 327 g/mol. The second kappa shape index (κ2) is 8.52. The predicted octanol–water partition coefficient (Wildman–Crippen LogP) is 2.72. The first-order valence-corrected chi connectivity index (χ1v) is 8.51. The van der Waals surface area contributed by atoms with Crippen LogP contribution in [0.25, 0.3) is 0 Å². The molecule has 5 heteroatoms. The highest BCUT2D eigenvalue weighted by atomic mass is 15.3. The van der Waals surface area contributed by atoms with E-state index < -0.39 is 0 Å². The number of aryl methyl sites for hydroxylation is 3. The molecular formula is C19H29N5. The van der Waals surface area contributed by atoms with Gasteiger partial charge in [0, 0.05) is 37.9 Å². The van der Waals surface area contributed by atoms with Gasteiger partial charge < -0.3 is 10.6 Å². The summed E-state index contributed by atoms with van der Waals surface area (Å²) < 4.78 is 1.92. The van der Waals surface area contributed by atoms with Crippen LogP contribution in [0, 0.1) is 13.8 Å². The Balaban J connectivity index is 1.83. The normalized spacial score (nSPS) is 13.0. The second-order valence-corrected chi connectivity index (χ2v) is 6.27. The number of hydrogen-bond acceptors (Lipinski definition) is 2. The molecule has 2 rings (SSSR count). The molecule has 24 heavy (non-hydrogen) atoms. The molecule has 130 valence electrons. The lowest BCUT2D eigenvalue weighted by atomic mass is 10.1. The topological polar surface area (TPSA) is 54.2 Å². The lowest BCUT2D eigenvalue weighted by molar-refractivity contribution is 0.593. The van der Waals surface area contributed by atoms with Gasteiger partial charge in [0.1, 0.15) is 0 Å². The van der Waals surface area contributed by atoms with Gasteiger partial charge in [-0.25, -0.2) is 0 Å². The van der Waals surface area contributed by atoms with E-state index in [4.69, 9.17) is 0 Å². The first-order valence-electron chi connectivity index (χ1n) is 8.51. The van der Waals surface area contributed by atoms with Crippen molar-refractivity contribution >= 4 is 5.96 Å². The van der Waals surface area contributed by atoms with Gasteiger partial charge in [-0.2, -0.15) is 5.10 Å². The molecule has 0 saturated carbocycles. The van der Waals surface area contributed by atoms with Gasteiger partial charge in [-0.05, 0) is 39.2 Å². The molecule has 1 aromatic carbocycles. The Morgan fingerprint density at radius 1 is 1.25 bits per heavy atom. The summed E-state index contributed by atoms with van der Waals surface area (Å²) in [5, 5.41) is 11.3.